The molecule has 0 amide bonds. The number of fused-ring (bicyclic) bond motifs is 2. The Labute approximate surface area is 129 Å². The fraction of sp³-hybridized carbons (Fsp3) is 1.00. The standard InChI is InChI=1S/C13H22O8S/c1-12(2)17-7-6(14)8-10(20-13(3,4)18-8)11(9(7)19-12)21-22(5,15)16/h6-11,14H,1-5H3/t6?,7-,8+,9-,10-,11?/m0/s1. The van der Waals surface area contributed by atoms with Crippen molar-refractivity contribution in [2.45, 2.75) is 75.9 Å². The third-order valence-electron chi connectivity index (χ3n) is 3.93. The molecule has 2 saturated heterocycles. The van der Waals surface area contributed by atoms with Crippen LogP contribution in [0.15, 0.2) is 0 Å². The highest BCUT2D eigenvalue weighted by molar-refractivity contribution is 7.86. The van der Waals surface area contributed by atoms with Crippen LogP contribution >= 0.6 is 0 Å². The SMILES string of the molecule is CC1(C)O[C@@H]2C(OS(C)(=O)=O)[C@H]3OC(C)(C)O[C@H]3C(O)[C@H]2O1. The van der Waals surface area contributed by atoms with Gasteiger partial charge in [-0.15, -0.1) is 0 Å². The molecule has 0 aromatic heterocycles. The molecule has 0 radical (unpaired) electrons. The van der Waals surface area contributed by atoms with Crippen LogP contribution in [-0.2, 0) is 33.2 Å². The maximum atomic E-state index is 11.6. The predicted octanol–water partition coefficient (Wildman–Crippen LogP) is -0.254. The summed E-state index contributed by atoms with van der Waals surface area (Å²) >= 11 is 0. The van der Waals surface area contributed by atoms with E-state index in [-0.39, 0.29) is 0 Å². The van der Waals surface area contributed by atoms with Gasteiger partial charge in [0.15, 0.2) is 11.6 Å². The molecule has 0 aromatic carbocycles. The zero-order valence-corrected chi connectivity index (χ0v) is 14.0. The van der Waals surface area contributed by atoms with Crippen LogP contribution in [0.4, 0.5) is 0 Å². The van der Waals surface area contributed by atoms with E-state index in [0.717, 1.165) is 6.26 Å². The molecule has 1 saturated carbocycles. The summed E-state index contributed by atoms with van der Waals surface area (Å²) in [5, 5.41) is 10.5. The number of rotatable bonds is 2. The summed E-state index contributed by atoms with van der Waals surface area (Å²) in [6.45, 7) is 6.77. The zero-order valence-electron chi connectivity index (χ0n) is 13.2. The van der Waals surface area contributed by atoms with Gasteiger partial charge in [0.2, 0.25) is 0 Å². The van der Waals surface area contributed by atoms with Gasteiger partial charge in [0.1, 0.15) is 36.6 Å². The van der Waals surface area contributed by atoms with Gasteiger partial charge in [-0.25, -0.2) is 0 Å². The van der Waals surface area contributed by atoms with Gasteiger partial charge in [0.05, 0.1) is 6.26 Å². The van der Waals surface area contributed by atoms with Crippen LogP contribution in [-0.4, -0.2) is 68.0 Å². The third-order valence-corrected chi connectivity index (χ3v) is 4.51. The average Bonchev–Trinajstić information content (AvgIpc) is 2.80. The van der Waals surface area contributed by atoms with E-state index in [2.05, 4.69) is 0 Å². The number of aliphatic hydroxyl groups is 1. The molecule has 0 spiro atoms. The first-order valence-electron chi connectivity index (χ1n) is 7.16. The molecule has 8 nitrogen and oxygen atoms in total. The lowest BCUT2D eigenvalue weighted by Gasteiger charge is -2.39. The summed E-state index contributed by atoms with van der Waals surface area (Å²) in [7, 11) is -3.75. The average molecular weight is 338 g/mol. The molecule has 1 N–H and O–H groups in total. The molecule has 3 fully saturated rings. The largest absolute Gasteiger partial charge is 0.387 e. The second-order valence-electron chi connectivity index (χ2n) is 6.89. The number of aliphatic hydroxyl groups excluding tert-OH is 1. The van der Waals surface area contributed by atoms with Gasteiger partial charge in [-0.1, -0.05) is 0 Å². The molecule has 1 aliphatic carbocycles. The minimum Gasteiger partial charge on any atom is -0.387 e. The lowest BCUT2D eigenvalue weighted by molar-refractivity contribution is -0.181. The fourth-order valence-corrected chi connectivity index (χ4v) is 3.98. The molecule has 3 rings (SSSR count). The van der Waals surface area contributed by atoms with E-state index in [9.17, 15) is 13.5 Å². The van der Waals surface area contributed by atoms with E-state index in [0.29, 0.717) is 0 Å². The Hall–Kier alpha value is -0.290. The molecule has 2 heterocycles. The van der Waals surface area contributed by atoms with Crippen molar-refractivity contribution in [3.05, 3.63) is 0 Å². The van der Waals surface area contributed by atoms with Crippen molar-refractivity contribution in [1.82, 2.24) is 0 Å². The first-order valence-corrected chi connectivity index (χ1v) is 8.98. The minimum absolute atomic E-state index is 0.750. The molecule has 128 valence electrons. The summed E-state index contributed by atoms with van der Waals surface area (Å²) in [6, 6.07) is 0. The number of hydrogen-bond donors (Lipinski definition) is 1. The van der Waals surface area contributed by atoms with Crippen molar-refractivity contribution < 1.29 is 36.7 Å². The van der Waals surface area contributed by atoms with Crippen molar-refractivity contribution in [1.29, 1.82) is 0 Å². The highest BCUT2D eigenvalue weighted by Gasteiger charge is 2.64. The third kappa shape index (κ3) is 2.91. The summed E-state index contributed by atoms with van der Waals surface area (Å²) in [6.07, 6.45) is -4.02. The molecule has 0 aromatic rings. The van der Waals surface area contributed by atoms with Crippen LogP contribution < -0.4 is 0 Å². The van der Waals surface area contributed by atoms with E-state index >= 15 is 0 Å². The van der Waals surface area contributed by atoms with Gasteiger partial charge in [-0.3, -0.25) is 4.18 Å². The van der Waals surface area contributed by atoms with Crippen molar-refractivity contribution in [2.75, 3.05) is 6.26 Å². The van der Waals surface area contributed by atoms with Crippen LogP contribution in [0.25, 0.3) is 0 Å². The molecule has 9 heteroatoms. The van der Waals surface area contributed by atoms with E-state index in [4.69, 9.17) is 23.1 Å². The van der Waals surface area contributed by atoms with Gasteiger partial charge >= 0.3 is 0 Å². The Morgan fingerprint density at radius 2 is 1.23 bits per heavy atom. The Balaban J connectivity index is 1.96. The quantitative estimate of drug-likeness (QED) is 0.688. The Bertz CT molecular complexity index is 524. The van der Waals surface area contributed by atoms with Crippen LogP contribution in [0.3, 0.4) is 0 Å². The molecule has 6 atom stereocenters. The van der Waals surface area contributed by atoms with E-state index in [1.807, 2.05) is 0 Å². The zero-order chi connectivity index (χ0) is 16.5. The van der Waals surface area contributed by atoms with Crippen molar-refractivity contribution in [2.24, 2.45) is 0 Å². The van der Waals surface area contributed by atoms with Crippen molar-refractivity contribution >= 4 is 10.1 Å². The summed E-state index contributed by atoms with van der Waals surface area (Å²) < 4.78 is 51.3. The number of ether oxygens (including phenoxy) is 4. The molecule has 3 aliphatic rings. The normalized spacial score (nSPS) is 46.3. The van der Waals surface area contributed by atoms with Gasteiger partial charge in [0, 0.05) is 0 Å². The highest BCUT2D eigenvalue weighted by atomic mass is 32.2. The second-order valence-corrected chi connectivity index (χ2v) is 8.49. The summed E-state index contributed by atoms with van der Waals surface area (Å²) in [4.78, 5) is 0. The Morgan fingerprint density at radius 1 is 0.864 bits per heavy atom. The van der Waals surface area contributed by atoms with E-state index in [1.165, 1.54) is 0 Å². The number of hydrogen-bond acceptors (Lipinski definition) is 8. The van der Waals surface area contributed by atoms with Crippen LogP contribution in [0.1, 0.15) is 27.7 Å². The molecule has 2 unspecified atom stereocenters. The molecular weight excluding hydrogens is 316 g/mol. The van der Waals surface area contributed by atoms with Crippen molar-refractivity contribution in [3.63, 3.8) is 0 Å². The fourth-order valence-electron chi connectivity index (χ4n) is 3.36. The van der Waals surface area contributed by atoms with Gasteiger partial charge < -0.3 is 24.1 Å². The van der Waals surface area contributed by atoms with Gasteiger partial charge in [-0.2, -0.15) is 8.42 Å². The lowest BCUT2D eigenvalue weighted by Crippen LogP contribution is -2.62. The van der Waals surface area contributed by atoms with Crippen LogP contribution in [0.2, 0.25) is 0 Å². The molecule has 2 aliphatic heterocycles. The van der Waals surface area contributed by atoms with Crippen molar-refractivity contribution in [3.8, 4) is 0 Å². The van der Waals surface area contributed by atoms with Gasteiger partial charge in [0.25, 0.3) is 10.1 Å². The van der Waals surface area contributed by atoms with Crippen LogP contribution in [0.5, 0.6) is 0 Å². The molecule has 22 heavy (non-hydrogen) atoms. The van der Waals surface area contributed by atoms with E-state index < -0.39 is 58.3 Å². The monoisotopic (exact) mass is 338 g/mol. The van der Waals surface area contributed by atoms with E-state index in [1.54, 1.807) is 27.7 Å². The minimum atomic E-state index is -3.75. The topological polar surface area (TPSA) is 101 Å². The maximum absolute atomic E-state index is 11.6. The Morgan fingerprint density at radius 3 is 1.59 bits per heavy atom. The Kier molecular flexibility index (Phi) is 3.65. The predicted molar refractivity (Wildman–Crippen MR) is 73.4 cm³/mol. The second kappa shape index (κ2) is 4.85. The first-order chi connectivity index (χ1) is 9.89. The summed E-state index contributed by atoms with van der Waals surface area (Å²) in [5.74, 6) is -1.91. The van der Waals surface area contributed by atoms with Crippen LogP contribution in [0, 0.1) is 0 Å². The lowest BCUT2D eigenvalue weighted by atomic mass is 9.85. The molecule has 0 bridgehead atoms. The highest BCUT2D eigenvalue weighted by Crippen LogP contribution is 2.45. The first kappa shape index (κ1) is 16.6. The van der Waals surface area contributed by atoms with Gasteiger partial charge in [-0.05, 0) is 27.7 Å². The molecular formula is C13H22O8S. The maximum Gasteiger partial charge on any atom is 0.264 e. The summed E-state index contributed by atoms with van der Waals surface area (Å²) in [5.41, 5.74) is 0. The smallest absolute Gasteiger partial charge is 0.264 e.